The van der Waals surface area contributed by atoms with Crippen LogP contribution in [-0.4, -0.2) is 31.7 Å². The predicted octanol–water partition coefficient (Wildman–Crippen LogP) is 3.64. The van der Waals surface area contributed by atoms with Gasteiger partial charge in [0.05, 0.1) is 10.8 Å². The molecule has 1 heterocycles. The summed E-state index contributed by atoms with van der Waals surface area (Å²) >= 11 is 0. The fourth-order valence-electron chi connectivity index (χ4n) is 4.12. The highest BCUT2D eigenvalue weighted by atomic mass is 32.2. The second-order valence-electron chi connectivity index (χ2n) is 8.13. The molecule has 29 heavy (non-hydrogen) atoms. The van der Waals surface area contributed by atoms with Crippen molar-refractivity contribution >= 4 is 15.9 Å². The zero-order valence-corrected chi connectivity index (χ0v) is 18.5. The fourth-order valence-corrected chi connectivity index (χ4v) is 6.05. The third-order valence-corrected chi connectivity index (χ3v) is 7.72. The van der Waals surface area contributed by atoms with Gasteiger partial charge in [-0.1, -0.05) is 47.5 Å². The van der Waals surface area contributed by atoms with E-state index in [1.54, 1.807) is 0 Å². The molecule has 1 saturated heterocycles. The third kappa shape index (κ3) is 4.87. The number of nitrogens with zero attached hydrogens (tertiary/aromatic N) is 1. The summed E-state index contributed by atoms with van der Waals surface area (Å²) < 4.78 is 28.1. The minimum Gasteiger partial charge on any atom is -0.352 e. The van der Waals surface area contributed by atoms with E-state index < -0.39 is 10.0 Å². The van der Waals surface area contributed by atoms with E-state index in [0.717, 1.165) is 22.3 Å². The smallest absolute Gasteiger partial charge is 0.243 e. The van der Waals surface area contributed by atoms with E-state index in [1.807, 2.05) is 64.1 Å². The number of amides is 1. The summed E-state index contributed by atoms with van der Waals surface area (Å²) in [6, 6.07) is 11.8. The Morgan fingerprint density at radius 2 is 1.66 bits per heavy atom. The van der Waals surface area contributed by atoms with Crippen molar-refractivity contribution in [2.75, 3.05) is 13.1 Å². The van der Waals surface area contributed by atoms with Gasteiger partial charge in [0.2, 0.25) is 15.9 Å². The van der Waals surface area contributed by atoms with Gasteiger partial charge in [-0.25, -0.2) is 8.42 Å². The summed E-state index contributed by atoms with van der Waals surface area (Å²) in [5.41, 5.74) is 4.78. The molecule has 5 nitrogen and oxygen atoms in total. The maximum absolute atomic E-state index is 13.3. The Labute approximate surface area is 174 Å². The van der Waals surface area contributed by atoms with Crippen LogP contribution in [0.4, 0.5) is 0 Å². The van der Waals surface area contributed by atoms with Crippen LogP contribution in [0.5, 0.6) is 0 Å². The molecule has 0 aliphatic carbocycles. The molecule has 1 atom stereocenters. The summed E-state index contributed by atoms with van der Waals surface area (Å²) in [4.78, 5) is 13.1. The summed E-state index contributed by atoms with van der Waals surface area (Å²) in [5.74, 6) is -0.405. The van der Waals surface area contributed by atoms with Crippen LogP contribution in [0.25, 0.3) is 0 Å². The van der Waals surface area contributed by atoms with Gasteiger partial charge in [-0.15, -0.1) is 0 Å². The number of nitrogens with one attached hydrogen (secondary N) is 1. The molecule has 1 N–H and O–H groups in total. The van der Waals surface area contributed by atoms with Crippen LogP contribution < -0.4 is 5.32 Å². The highest BCUT2D eigenvalue weighted by Crippen LogP contribution is 2.29. The van der Waals surface area contributed by atoms with Crippen molar-refractivity contribution in [3.05, 3.63) is 64.2 Å². The average molecular weight is 415 g/mol. The zero-order valence-electron chi connectivity index (χ0n) is 17.7. The normalized spacial score (nSPS) is 17.9. The van der Waals surface area contributed by atoms with Gasteiger partial charge in [0.1, 0.15) is 0 Å². The summed E-state index contributed by atoms with van der Waals surface area (Å²) in [5, 5.41) is 2.97. The van der Waals surface area contributed by atoms with Gasteiger partial charge >= 0.3 is 0 Å². The maximum atomic E-state index is 13.3. The quantitative estimate of drug-likeness (QED) is 0.812. The molecule has 1 aliphatic heterocycles. The van der Waals surface area contributed by atoms with Gasteiger partial charge in [-0.05, 0) is 57.2 Å². The standard InChI is InChI=1S/C23H30N2O3S/c1-16-7-9-20(10-8-16)14-24-23(26)21-6-5-11-25(15-21)29(27,28)22-18(3)12-17(2)13-19(22)4/h7-10,12-13,21H,5-6,11,14-15H2,1-4H3,(H,24,26)/t21-/m1/s1. The number of piperidine rings is 1. The second kappa shape index (κ2) is 8.67. The molecule has 6 heteroatoms. The number of carbonyl (C=O) groups is 1. The molecule has 0 unspecified atom stereocenters. The van der Waals surface area contributed by atoms with Crippen LogP contribution in [-0.2, 0) is 21.4 Å². The molecule has 0 spiro atoms. The van der Waals surface area contributed by atoms with Crippen LogP contribution >= 0.6 is 0 Å². The first-order chi connectivity index (χ1) is 13.7. The van der Waals surface area contributed by atoms with Crippen molar-refractivity contribution in [2.24, 2.45) is 5.92 Å². The molecule has 2 aromatic carbocycles. The lowest BCUT2D eigenvalue weighted by atomic mass is 9.98. The van der Waals surface area contributed by atoms with E-state index in [1.165, 1.54) is 9.87 Å². The molecule has 156 valence electrons. The molecule has 2 aromatic rings. The molecule has 3 rings (SSSR count). The Hall–Kier alpha value is -2.18. The van der Waals surface area contributed by atoms with Crippen molar-refractivity contribution in [1.82, 2.24) is 9.62 Å². The first-order valence-corrected chi connectivity index (χ1v) is 11.5. The fraction of sp³-hybridized carbons (Fsp3) is 0.435. The Balaban J connectivity index is 1.71. The second-order valence-corrected chi connectivity index (χ2v) is 10.0. The van der Waals surface area contributed by atoms with Crippen LogP contribution in [0.2, 0.25) is 0 Å². The van der Waals surface area contributed by atoms with E-state index in [0.29, 0.717) is 30.8 Å². The van der Waals surface area contributed by atoms with Crippen molar-refractivity contribution in [3.63, 3.8) is 0 Å². The minimum absolute atomic E-state index is 0.0807. The van der Waals surface area contributed by atoms with E-state index in [-0.39, 0.29) is 18.4 Å². The Morgan fingerprint density at radius 3 is 2.28 bits per heavy atom. The first-order valence-electron chi connectivity index (χ1n) is 10.1. The van der Waals surface area contributed by atoms with Crippen molar-refractivity contribution in [1.29, 1.82) is 0 Å². The van der Waals surface area contributed by atoms with Crippen LogP contribution in [0.1, 0.15) is 40.7 Å². The topological polar surface area (TPSA) is 66.5 Å². The SMILES string of the molecule is Cc1ccc(CNC(=O)[C@@H]2CCCN(S(=O)(=O)c3c(C)cc(C)cc3C)C2)cc1. The zero-order chi connectivity index (χ0) is 21.2. The number of carbonyl (C=O) groups excluding carboxylic acids is 1. The number of aryl methyl sites for hydroxylation is 4. The number of benzene rings is 2. The van der Waals surface area contributed by atoms with E-state index in [2.05, 4.69) is 5.32 Å². The molecule has 0 saturated carbocycles. The maximum Gasteiger partial charge on any atom is 0.243 e. The van der Waals surface area contributed by atoms with Crippen molar-refractivity contribution in [3.8, 4) is 0 Å². The van der Waals surface area contributed by atoms with Gasteiger partial charge in [0.25, 0.3) is 0 Å². The van der Waals surface area contributed by atoms with Gasteiger partial charge in [-0.3, -0.25) is 4.79 Å². The van der Waals surface area contributed by atoms with Crippen LogP contribution in [0, 0.1) is 33.6 Å². The highest BCUT2D eigenvalue weighted by Gasteiger charge is 2.34. The highest BCUT2D eigenvalue weighted by molar-refractivity contribution is 7.89. The molecule has 1 amide bonds. The van der Waals surface area contributed by atoms with E-state index in [9.17, 15) is 13.2 Å². The summed E-state index contributed by atoms with van der Waals surface area (Å²) in [6.07, 6.45) is 1.39. The minimum atomic E-state index is -3.63. The third-order valence-electron chi connectivity index (χ3n) is 5.54. The lowest BCUT2D eigenvalue weighted by molar-refractivity contribution is -0.126. The van der Waals surface area contributed by atoms with Gasteiger partial charge in [0, 0.05) is 19.6 Å². The van der Waals surface area contributed by atoms with Crippen molar-refractivity contribution in [2.45, 2.75) is 52.0 Å². The molecule has 1 fully saturated rings. The first kappa shape index (κ1) is 21.5. The van der Waals surface area contributed by atoms with Gasteiger partial charge in [-0.2, -0.15) is 4.31 Å². The van der Waals surface area contributed by atoms with Crippen LogP contribution in [0.15, 0.2) is 41.3 Å². The lowest BCUT2D eigenvalue weighted by Gasteiger charge is -2.32. The van der Waals surface area contributed by atoms with E-state index in [4.69, 9.17) is 0 Å². The number of rotatable bonds is 5. The number of hydrogen-bond donors (Lipinski definition) is 1. The molecule has 1 aliphatic rings. The summed E-state index contributed by atoms with van der Waals surface area (Å²) in [7, 11) is -3.63. The molecular formula is C23H30N2O3S. The predicted molar refractivity (Wildman–Crippen MR) is 115 cm³/mol. The molecule has 0 aromatic heterocycles. The Morgan fingerprint density at radius 1 is 1.03 bits per heavy atom. The molecule has 0 bridgehead atoms. The van der Waals surface area contributed by atoms with Crippen LogP contribution in [0.3, 0.4) is 0 Å². The van der Waals surface area contributed by atoms with Gasteiger partial charge in [0.15, 0.2) is 0 Å². The van der Waals surface area contributed by atoms with Gasteiger partial charge < -0.3 is 5.32 Å². The summed E-state index contributed by atoms with van der Waals surface area (Å²) in [6.45, 7) is 8.80. The Bertz CT molecular complexity index is 974. The number of hydrogen-bond acceptors (Lipinski definition) is 3. The average Bonchev–Trinajstić information content (AvgIpc) is 2.66. The van der Waals surface area contributed by atoms with E-state index >= 15 is 0 Å². The number of sulfonamides is 1. The largest absolute Gasteiger partial charge is 0.352 e. The Kier molecular flexibility index (Phi) is 6.44. The monoisotopic (exact) mass is 414 g/mol. The lowest BCUT2D eigenvalue weighted by Crippen LogP contribution is -2.45. The molecule has 0 radical (unpaired) electrons. The van der Waals surface area contributed by atoms with Crippen molar-refractivity contribution < 1.29 is 13.2 Å². The molecular weight excluding hydrogens is 384 g/mol.